The van der Waals surface area contributed by atoms with Crippen molar-refractivity contribution >= 4 is 0 Å². The second-order valence-corrected chi connectivity index (χ2v) is 7.93. The van der Waals surface area contributed by atoms with E-state index in [4.69, 9.17) is 0 Å². The van der Waals surface area contributed by atoms with E-state index in [0.29, 0.717) is 29.0 Å². The van der Waals surface area contributed by atoms with Crippen LogP contribution < -0.4 is 5.32 Å². The van der Waals surface area contributed by atoms with Crippen LogP contribution in [0.3, 0.4) is 0 Å². The fourth-order valence-electron chi connectivity index (χ4n) is 4.00. The zero-order valence-electron chi connectivity index (χ0n) is 13.4. The van der Waals surface area contributed by atoms with Crippen molar-refractivity contribution in [2.75, 3.05) is 0 Å². The second kappa shape index (κ2) is 5.41. The van der Waals surface area contributed by atoms with Crippen molar-refractivity contribution in [2.45, 2.75) is 59.5 Å². The predicted molar refractivity (Wildman–Crippen MR) is 83.5 cm³/mol. The number of nitrogens with one attached hydrogen (secondary N) is 1. The van der Waals surface area contributed by atoms with Gasteiger partial charge in [0.2, 0.25) is 5.75 Å². The molecule has 1 saturated carbocycles. The molecule has 4 nitrogen and oxygen atoms in total. The van der Waals surface area contributed by atoms with Gasteiger partial charge in [0, 0.05) is 18.2 Å². The Morgan fingerprint density at radius 3 is 2.14 bits per heavy atom. The molecule has 0 spiro atoms. The van der Waals surface area contributed by atoms with Gasteiger partial charge in [-0.05, 0) is 36.2 Å². The number of phenolic OH excluding ortho intramolecular Hbond substituents is 3. The smallest absolute Gasteiger partial charge is 0.200 e. The first kappa shape index (κ1) is 16.0. The summed E-state index contributed by atoms with van der Waals surface area (Å²) in [5, 5.41) is 32.3. The van der Waals surface area contributed by atoms with Crippen LogP contribution >= 0.6 is 0 Å². The Hall–Kier alpha value is -1.42. The molecule has 1 aliphatic rings. The third kappa shape index (κ3) is 3.82. The molecule has 21 heavy (non-hydrogen) atoms. The molecule has 118 valence electrons. The summed E-state index contributed by atoms with van der Waals surface area (Å²) in [4.78, 5) is 0. The predicted octanol–water partition coefficient (Wildman–Crippen LogP) is 3.50. The van der Waals surface area contributed by atoms with Crippen LogP contribution in [0.2, 0.25) is 0 Å². The van der Waals surface area contributed by atoms with Crippen LogP contribution in [0.1, 0.15) is 52.5 Å². The van der Waals surface area contributed by atoms with Crippen molar-refractivity contribution in [3.8, 4) is 17.2 Å². The van der Waals surface area contributed by atoms with Gasteiger partial charge in [0.25, 0.3) is 0 Å². The summed E-state index contributed by atoms with van der Waals surface area (Å²) in [5.74, 6) is -0.980. The summed E-state index contributed by atoms with van der Waals surface area (Å²) in [6, 6.07) is 3.43. The van der Waals surface area contributed by atoms with Gasteiger partial charge in [0.15, 0.2) is 11.5 Å². The van der Waals surface area contributed by atoms with Gasteiger partial charge in [-0.2, -0.15) is 0 Å². The molecule has 0 unspecified atom stereocenters. The van der Waals surface area contributed by atoms with Crippen molar-refractivity contribution in [1.82, 2.24) is 5.32 Å². The van der Waals surface area contributed by atoms with Crippen LogP contribution in [-0.2, 0) is 6.54 Å². The second-order valence-electron chi connectivity index (χ2n) is 7.93. The standard InChI is InChI=1S/C17H27NO3/c1-16(2)7-12(8-17(3,4)10-16)18-9-11-5-6-13(19)15(21)14(11)20/h5-6,12,18-21H,7-10H2,1-4H3. The number of rotatable bonds is 3. The fourth-order valence-corrected chi connectivity index (χ4v) is 4.00. The van der Waals surface area contributed by atoms with E-state index in [1.165, 1.54) is 12.5 Å². The van der Waals surface area contributed by atoms with Crippen molar-refractivity contribution in [1.29, 1.82) is 0 Å². The first-order valence-electron chi connectivity index (χ1n) is 7.56. The highest BCUT2D eigenvalue weighted by atomic mass is 16.3. The van der Waals surface area contributed by atoms with Crippen molar-refractivity contribution in [2.24, 2.45) is 10.8 Å². The van der Waals surface area contributed by atoms with Gasteiger partial charge in [0.1, 0.15) is 0 Å². The van der Waals surface area contributed by atoms with Crippen LogP contribution in [0.4, 0.5) is 0 Å². The number of benzene rings is 1. The van der Waals surface area contributed by atoms with Crippen LogP contribution in [0.5, 0.6) is 17.2 Å². The Morgan fingerprint density at radius 1 is 1.00 bits per heavy atom. The normalized spacial score (nSPS) is 21.3. The van der Waals surface area contributed by atoms with E-state index >= 15 is 0 Å². The molecule has 1 fully saturated rings. The Morgan fingerprint density at radius 2 is 1.57 bits per heavy atom. The Labute approximate surface area is 126 Å². The zero-order chi connectivity index (χ0) is 15.8. The summed E-state index contributed by atoms with van der Waals surface area (Å²) in [6.07, 6.45) is 3.41. The van der Waals surface area contributed by atoms with Gasteiger partial charge in [-0.25, -0.2) is 0 Å². The van der Waals surface area contributed by atoms with E-state index in [2.05, 4.69) is 33.0 Å². The average Bonchev–Trinajstić information content (AvgIpc) is 2.31. The summed E-state index contributed by atoms with van der Waals surface area (Å²) in [6.45, 7) is 9.67. The molecule has 0 amide bonds. The maximum absolute atomic E-state index is 9.86. The van der Waals surface area contributed by atoms with Crippen LogP contribution in [0, 0.1) is 10.8 Å². The molecule has 0 aliphatic heterocycles. The van der Waals surface area contributed by atoms with E-state index in [-0.39, 0.29) is 11.5 Å². The van der Waals surface area contributed by atoms with E-state index in [0.717, 1.165) is 12.8 Å². The molecule has 0 heterocycles. The molecule has 1 aliphatic carbocycles. The lowest BCUT2D eigenvalue weighted by Crippen LogP contribution is -2.43. The molecule has 0 atom stereocenters. The van der Waals surface area contributed by atoms with E-state index in [9.17, 15) is 15.3 Å². The summed E-state index contributed by atoms with van der Waals surface area (Å²) in [5.41, 5.74) is 1.21. The summed E-state index contributed by atoms with van der Waals surface area (Å²) in [7, 11) is 0. The van der Waals surface area contributed by atoms with Crippen molar-refractivity contribution in [3.05, 3.63) is 17.7 Å². The SMILES string of the molecule is CC1(C)CC(NCc2ccc(O)c(O)c2O)CC(C)(C)C1. The van der Waals surface area contributed by atoms with E-state index in [1.54, 1.807) is 6.07 Å². The molecule has 0 aromatic heterocycles. The van der Waals surface area contributed by atoms with Crippen LogP contribution in [0.25, 0.3) is 0 Å². The molecular formula is C17H27NO3. The van der Waals surface area contributed by atoms with Crippen LogP contribution in [0.15, 0.2) is 12.1 Å². The highest BCUT2D eigenvalue weighted by molar-refractivity contribution is 5.53. The topological polar surface area (TPSA) is 72.7 Å². The molecule has 0 radical (unpaired) electrons. The highest BCUT2D eigenvalue weighted by Crippen LogP contribution is 2.46. The van der Waals surface area contributed by atoms with Gasteiger partial charge < -0.3 is 20.6 Å². The van der Waals surface area contributed by atoms with Crippen LogP contribution in [-0.4, -0.2) is 21.4 Å². The van der Waals surface area contributed by atoms with Gasteiger partial charge in [0.05, 0.1) is 0 Å². The average molecular weight is 293 g/mol. The zero-order valence-corrected chi connectivity index (χ0v) is 13.4. The number of hydrogen-bond donors (Lipinski definition) is 4. The van der Waals surface area contributed by atoms with Gasteiger partial charge >= 0.3 is 0 Å². The van der Waals surface area contributed by atoms with Gasteiger partial charge in [-0.15, -0.1) is 0 Å². The quantitative estimate of drug-likeness (QED) is 0.644. The summed E-state index contributed by atoms with van der Waals surface area (Å²) >= 11 is 0. The number of hydrogen-bond acceptors (Lipinski definition) is 4. The maximum Gasteiger partial charge on any atom is 0.200 e. The van der Waals surface area contributed by atoms with Crippen molar-refractivity contribution in [3.63, 3.8) is 0 Å². The van der Waals surface area contributed by atoms with Gasteiger partial charge in [-0.3, -0.25) is 0 Å². The minimum absolute atomic E-state index is 0.239. The first-order valence-corrected chi connectivity index (χ1v) is 7.56. The number of phenols is 3. The van der Waals surface area contributed by atoms with Crippen molar-refractivity contribution < 1.29 is 15.3 Å². The lowest BCUT2D eigenvalue weighted by Gasteiger charge is -2.45. The molecule has 1 aromatic rings. The lowest BCUT2D eigenvalue weighted by atomic mass is 9.63. The Bertz CT molecular complexity index is 507. The highest BCUT2D eigenvalue weighted by Gasteiger charge is 2.38. The third-order valence-electron chi connectivity index (χ3n) is 4.35. The molecule has 0 bridgehead atoms. The van der Waals surface area contributed by atoms with E-state index in [1.807, 2.05) is 0 Å². The maximum atomic E-state index is 9.86. The molecule has 1 aromatic carbocycles. The fraction of sp³-hybridized carbons (Fsp3) is 0.647. The largest absolute Gasteiger partial charge is 0.504 e. The molecule has 2 rings (SSSR count). The molecule has 4 N–H and O–H groups in total. The monoisotopic (exact) mass is 293 g/mol. The third-order valence-corrected chi connectivity index (χ3v) is 4.35. The molecular weight excluding hydrogens is 266 g/mol. The Balaban J connectivity index is 2.05. The van der Waals surface area contributed by atoms with E-state index < -0.39 is 5.75 Å². The van der Waals surface area contributed by atoms with Gasteiger partial charge in [-0.1, -0.05) is 33.8 Å². The first-order chi connectivity index (χ1) is 9.60. The minimum Gasteiger partial charge on any atom is -0.504 e. The molecule has 0 saturated heterocycles. The minimum atomic E-state index is -0.446. The molecule has 4 heteroatoms. The number of aromatic hydroxyl groups is 3. The summed E-state index contributed by atoms with van der Waals surface area (Å²) < 4.78 is 0. The Kier molecular flexibility index (Phi) is 4.11. The lowest BCUT2D eigenvalue weighted by molar-refractivity contribution is 0.0844.